The van der Waals surface area contributed by atoms with Gasteiger partial charge in [-0.2, -0.15) is 0 Å². The summed E-state index contributed by atoms with van der Waals surface area (Å²) in [6.07, 6.45) is 2.44. The SMILES string of the molecule is CC(C)CC(N)C(=O)NC(Cc1ccccc1)C(=O)NC(C(=O)NC(Cc1c[nH]c2ccccc12)C(=O)O)C(C)C. The zero-order chi connectivity index (χ0) is 30.1. The van der Waals surface area contributed by atoms with Crippen LogP contribution in [0.2, 0.25) is 0 Å². The number of carboxylic acids is 1. The van der Waals surface area contributed by atoms with Crippen LogP contribution in [-0.4, -0.2) is 57.9 Å². The molecule has 0 aliphatic rings. The molecule has 0 spiro atoms. The molecule has 41 heavy (non-hydrogen) atoms. The lowest BCUT2D eigenvalue weighted by Crippen LogP contribution is -2.59. The Hall–Kier alpha value is -4.18. The van der Waals surface area contributed by atoms with E-state index >= 15 is 0 Å². The van der Waals surface area contributed by atoms with Crippen molar-refractivity contribution in [2.45, 2.75) is 71.1 Å². The lowest BCUT2D eigenvalue weighted by molar-refractivity contribution is -0.142. The quantitative estimate of drug-likeness (QED) is 0.176. The number of benzene rings is 2. The summed E-state index contributed by atoms with van der Waals surface area (Å²) >= 11 is 0. The van der Waals surface area contributed by atoms with Gasteiger partial charge in [0.25, 0.3) is 0 Å². The number of H-pyrrole nitrogens is 1. The maximum Gasteiger partial charge on any atom is 0.326 e. The van der Waals surface area contributed by atoms with Crippen molar-refractivity contribution in [3.8, 4) is 0 Å². The van der Waals surface area contributed by atoms with Crippen LogP contribution in [0.4, 0.5) is 0 Å². The van der Waals surface area contributed by atoms with Crippen molar-refractivity contribution in [1.29, 1.82) is 0 Å². The highest BCUT2D eigenvalue weighted by Crippen LogP contribution is 2.19. The van der Waals surface area contributed by atoms with Crippen LogP contribution in [-0.2, 0) is 32.0 Å². The van der Waals surface area contributed by atoms with Gasteiger partial charge >= 0.3 is 5.97 Å². The Bertz CT molecular complexity index is 1340. The average Bonchev–Trinajstić information content (AvgIpc) is 3.33. The third-order valence-electron chi connectivity index (χ3n) is 6.94. The number of carbonyl (C=O) groups excluding carboxylic acids is 3. The molecule has 10 nitrogen and oxygen atoms in total. The highest BCUT2D eigenvalue weighted by Gasteiger charge is 2.32. The van der Waals surface area contributed by atoms with Crippen LogP contribution in [0.1, 0.15) is 45.2 Å². The van der Waals surface area contributed by atoms with E-state index in [2.05, 4.69) is 20.9 Å². The van der Waals surface area contributed by atoms with Gasteiger partial charge in [-0.1, -0.05) is 76.2 Å². The standard InChI is InChI=1S/C31H41N5O5/c1-18(2)14-23(32)28(37)34-25(15-20-10-6-5-7-11-20)29(38)36-27(19(3)4)30(39)35-26(31(40)41)16-21-17-33-24-13-9-8-12-22(21)24/h5-13,17-19,23,25-27,33H,14-16,32H2,1-4H3,(H,34,37)(H,35,39)(H,36,38)(H,40,41). The summed E-state index contributed by atoms with van der Waals surface area (Å²) in [5, 5.41) is 18.9. The minimum Gasteiger partial charge on any atom is -0.480 e. The molecule has 0 saturated heterocycles. The third kappa shape index (κ3) is 8.91. The predicted octanol–water partition coefficient (Wildman–Crippen LogP) is 2.52. The zero-order valence-electron chi connectivity index (χ0n) is 24.0. The molecule has 3 rings (SSSR count). The molecule has 220 valence electrons. The molecular weight excluding hydrogens is 522 g/mol. The molecule has 7 N–H and O–H groups in total. The Morgan fingerprint density at radius 2 is 1.44 bits per heavy atom. The van der Waals surface area contributed by atoms with E-state index in [-0.39, 0.29) is 24.7 Å². The number of nitrogens with two attached hydrogens (primary N) is 1. The van der Waals surface area contributed by atoms with E-state index in [9.17, 15) is 24.3 Å². The van der Waals surface area contributed by atoms with Crippen molar-refractivity contribution < 1.29 is 24.3 Å². The molecule has 1 heterocycles. The lowest BCUT2D eigenvalue weighted by Gasteiger charge is -2.27. The average molecular weight is 564 g/mol. The molecule has 0 fully saturated rings. The lowest BCUT2D eigenvalue weighted by atomic mass is 9.99. The van der Waals surface area contributed by atoms with Crippen LogP contribution < -0.4 is 21.7 Å². The first-order chi connectivity index (χ1) is 19.5. The van der Waals surface area contributed by atoms with Gasteiger partial charge in [-0.25, -0.2) is 4.79 Å². The number of hydrogen-bond acceptors (Lipinski definition) is 5. The number of amides is 3. The summed E-state index contributed by atoms with van der Waals surface area (Å²) in [5.74, 6) is -3.00. The molecular formula is C31H41N5O5. The number of hydrogen-bond donors (Lipinski definition) is 6. The number of carboxylic acid groups (broad SMARTS) is 1. The summed E-state index contributed by atoms with van der Waals surface area (Å²) in [6.45, 7) is 7.42. The Balaban J connectivity index is 1.75. The first-order valence-electron chi connectivity index (χ1n) is 13.9. The summed E-state index contributed by atoms with van der Waals surface area (Å²) in [7, 11) is 0. The summed E-state index contributed by atoms with van der Waals surface area (Å²) in [5.41, 5.74) is 8.50. The summed E-state index contributed by atoms with van der Waals surface area (Å²) < 4.78 is 0. The number of aliphatic carboxylic acids is 1. The molecule has 2 aromatic carbocycles. The van der Waals surface area contributed by atoms with E-state index in [0.717, 1.165) is 22.0 Å². The van der Waals surface area contributed by atoms with E-state index in [0.29, 0.717) is 6.42 Å². The van der Waals surface area contributed by atoms with Gasteiger partial charge in [0.05, 0.1) is 6.04 Å². The number of aromatic nitrogens is 1. The molecule has 4 atom stereocenters. The molecule has 0 saturated carbocycles. The molecule has 0 aliphatic carbocycles. The van der Waals surface area contributed by atoms with E-state index in [1.54, 1.807) is 20.0 Å². The number of rotatable bonds is 14. The Labute approximate surface area is 240 Å². The summed E-state index contributed by atoms with van der Waals surface area (Å²) in [4.78, 5) is 54.9. The number of para-hydroxylation sites is 1. The fourth-order valence-electron chi connectivity index (χ4n) is 4.72. The maximum atomic E-state index is 13.5. The normalized spacial score (nSPS) is 14.3. The Morgan fingerprint density at radius 1 is 0.805 bits per heavy atom. The number of aromatic amines is 1. The van der Waals surface area contributed by atoms with Gasteiger partial charge in [-0.15, -0.1) is 0 Å². The van der Waals surface area contributed by atoms with Gasteiger partial charge in [-0.3, -0.25) is 14.4 Å². The van der Waals surface area contributed by atoms with E-state index in [1.165, 1.54) is 0 Å². The fraction of sp³-hybridized carbons (Fsp3) is 0.419. The van der Waals surface area contributed by atoms with E-state index < -0.39 is 47.9 Å². The predicted molar refractivity (Wildman–Crippen MR) is 158 cm³/mol. The van der Waals surface area contributed by atoms with Crippen molar-refractivity contribution in [3.63, 3.8) is 0 Å². The van der Waals surface area contributed by atoms with Crippen molar-refractivity contribution in [1.82, 2.24) is 20.9 Å². The van der Waals surface area contributed by atoms with Crippen molar-refractivity contribution >= 4 is 34.6 Å². The minimum absolute atomic E-state index is 0.0598. The third-order valence-corrected chi connectivity index (χ3v) is 6.94. The van der Waals surface area contributed by atoms with Crippen molar-refractivity contribution in [3.05, 3.63) is 71.9 Å². The highest BCUT2D eigenvalue weighted by atomic mass is 16.4. The van der Waals surface area contributed by atoms with Gasteiger partial charge in [0.1, 0.15) is 18.1 Å². The number of fused-ring (bicyclic) bond motifs is 1. The van der Waals surface area contributed by atoms with Crippen LogP contribution in [0.3, 0.4) is 0 Å². The van der Waals surface area contributed by atoms with Crippen LogP contribution in [0.5, 0.6) is 0 Å². The molecule has 0 bridgehead atoms. The van der Waals surface area contributed by atoms with Gasteiger partial charge in [0.2, 0.25) is 17.7 Å². The van der Waals surface area contributed by atoms with Crippen molar-refractivity contribution in [2.75, 3.05) is 0 Å². The second kappa shape index (κ2) is 14.5. The topological polar surface area (TPSA) is 166 Å². The molecule has 1 aromatic heterocycles. The zero-order valence-corrected chi connectivity index (χ0v) is 24.0. The molecule has 3 aromatic rings. The summed E-state index contributed by atoms with van der Waals surface area (Å²) in [6, 6.07) is 12.7. The molecule has 3 amide bonds. The van der Waals surface area contributed by atoms with Crippen LogP contribution in [0.15, 0.2) is 60.8 Å². The largest absolute Gasteiger partial charge is 0.480 e. The first-order valence-corrected chi connectivity index (χ1v) is 13.9. The minimum atomic E-state index is -1.21. The molecule has 10 heteroatoms. The fourth-order valence-corrected chi connectivity index (χ4v) is 4.72. The van der Waals surface area contributed by atoms with Gasteiger partial charge in [-0.05, 0) is 35.4 Å². The van der Waals surface area contributed by atoms with Crippen LogP contribution in [0, 0.1) is 11.8 Å². The van der Waals surface area contributed by atoms with Gasteiger partial charge in [0, 0.05) is 29.9 Å². The monoisotopic (exact) mass is 563 g/mol. The van der Waals surface area contributed by atoms with Gasteiger partial charge < -0.3 is 31.8 Å². The second-order valence-corrected chi connectivity index (χ2v) is 11.2. The van der Waals surface area contributed by atoms with E-state index in [4.69, 9.17) is 5.73 Å². The van der Waals surface area contributed by atoms with Crippen LogP contribution >= 0.6 is 0 Å². The Kier molecular flexibility index (Phi) is 11.0. The van der Waals surface area contributed by atoms with Crippen LogP contribution in [0.25, 0.3) is 10.9 Å². The Morgan fingerprint density at radius 3 is 2.07 bits per heavy atom. The van der Waals surface area contributed by atoms with E-state index in [1.807, 2.05) is 68.4 Å². The number of nitrogens with one attached hydrogen (secondary N) is 4. The molecule has 0 radical (unpaired) electrons. The highest BCUT2D eigenvalue weighted by molar-refractivity contribution is 5.94. The second-order valence-electron chi connectivity index (χ2n) is 11.2. The maximum absolute atomic E-state index is 13.5. The first kappa shape index (κ1) is 31.3. The number of carbonyl (C=O) groups is 4. The van der Waals surface area contributed by atoms with Gasteiger partial charge in [0.15, 0.2) is 0 Å². The smallest absolute Gasteiger partial charge is 0.326 e. The molecule has 0 aliphatic heterocycles. The van der Waals surface area contributed by atoms with Crippen molar-refractivity contribution in [2.24, 2.45) is 17.6 Å². The molecule has 4 unspecified atom stereocenters.